The van der Waals surface area contributed by atoms with E-state index in [-0.39, 0.29) is 18.0 Å². The number of rotatable bonds is 7. The Bertz CT molecular complexity index is 947. The number of ketones is 1. The Kier molecular flexibility index (Phi) is 5.96. The fourth-order valence-corrected chi connectivity index (χ4v) is 3.87. The molecule has 154 valence electrons. The van der Waals surface area contributed by atoms with Crippen molar-refractivity contribution in [3.63, 3.8) is 0 Å². The highest BCUT2D eigenvalue weighted by Crippen LogP contribution is 2.47. The molecule has 0 saturated carbocycles. The Balaban J connectivity index is 2.19. The molecule has 5 heteroatoms. The number of aromatic hydroxyl groups is 1. The molecular formula is C24H28O5. The van der Waals surface area contributed by atoms with Gasteiger partial charge >= 0.3 is 5.97 Å². The molecular weight excluding hydrogens is 368 g/mol. The summed E-state index contributed by atoms with van der Waals surface area (Å²) in [6.45, 7) is 7.08. The molecule has 0 amide bonds. The zero-order chi connectivity index (χ0) is 21.2. The second-order valence-corrected chi connectivity index (χ2v) is 7.96. The number of hydrogen-bond acceptors (Lipinski definition) is 5. The molecule has 5 nitrogen and oxygen atoms in total. The van der Waals surface area contributed by atoms with E-state index in [0.29, 0.717) is 28.9 Å². The number of fused-ring (bicyclic) bond motifs is 1. The zero-order valence-corrected chi connectivity index (χ0v) is 17.5. The van der Waals surface area contributed by atoms with Crippen LogP contribution in [-0.2, 0) is 16.0 Å². The average molecular weight is 396 g/mol. The van der Waals surface area contributed by atoms with Gasteiger partial charge in [0.1, 0.15) is 17.1 Å². The van der Waals surface area contributed by atoms with Crippen LogP contribution in [0, 0.1) is 6.92 Å². The Morgan fingerprint density at radius 2 is 1.90 bits per heavy atom. The normalized spacial score (nSPS) is 18.0. The summed E-state index contributed by atoms with van der Waals surface area (Å²) in [6, 6.07) is 9.29. The minimum Gasteiger partial charge on any atom is -0.507 e. The largest absolute Gasteiger partial charge is 0.507 e. The second kappa shape index (κ2) is 8.27. The average Bonchev–Trinajstić information content (AvgIpc) is 2.60. The number of benzene rings is 2. The van der Waals surface area contributed by atoms with Gasteiger partial charge in [-0.25, -0.2) is 4.79 Å². The van der Waals surface area contributed by atoms with Crippen LogP contribution in [0.1, 0.15) is 67.9 Å². The molecule has 1 aliphatic rings. The van der Waals surface area contributed by atoms with Crippen LogP contribution >= 0.6 is 0 Å². The van der Waals surface area contributed by atoms with Crippen LogP contribution in [0.15, 0.2) is 30.3 Å². The quantitative estimate of drug-likeness (QED) is 0.505. The van der Waals surface area contributed by atoms with Gasteiger partial charge in [0.05, 0.1) is 12.0 Å². The van der Waals surface area contributed by atoms with Gasteiger partial charge in [-0.3, -0.25) is 4.79 Å². The van der Waals surface area contributed by atoms with Crippen molar-refractivity contribution in [1.29, 1.82) is 0 Å². The number of Topliss-reactive ketones (excluding diaryl/α,β-unsaturated/α-hetero) is 1. The Labute approximate surface area is 171 Å². The van der Waals surface area contributed by atoms with E-state index in [1.54, 1.807) is 13.0 Å². The molecule has 0 saturated heterocycles. The highest BCUT2D eigenvalue weighted by Gasteiger charge is 2.42. The zero-order valence-electron chi connectivity index (χ0n) is 17.5. The van der Waals surface area contributed by atoms with E-state index in [4.69, 9.17) is 9.47 Å². The monoisotopic (exact) mass is 396 g/mol. The van der Waals surface area contributed by atoms with E-state index < -0.39 is 11.8 Å². The smallest absolute Gasteiger partial charge is 0.345 e. The maximum absolute atomic E-state index is 13.0. The maximum Gasteiger partial charge on any atom is 0.345 e. The predicted molar refractivity (Wildman–Crippen MR) is 111 cm³/mol. The van der Waals surface area contributed by atoms with Gasteiger partial charge in [0, 0.05) is 6.92 Å². The lowest BCUT2D eigenvalue weighted by Gasteiger charge is -2.36. The molecule has 3 rings (SSSR count). The molecule has 2 aromatic carbocycles. The maximum atomic E-state index is 13.0. The van der Waals surface area contributed by atoms with Gasteiger partial charge in [0.15, 0.2) is 5.75 Å². The van der Waals surface area contributed by atoms with Crippen molar-refractivity contribution in [3.8, 4) is 22.6 Å². The molecule has 1 atom stereocenters. The Morgan fingerprint density at radius 3 is 2.55 bits per heavy atom. The van der Waals surface area contributed by atoms with Gasteiger partial charge in [-0.05, 0) is 43.9 Å². The number of esters is 1. The Morgan fingerprint density at radius 1 is 1.14 bits per heavy atom. The summed E-state index contributed by atoms with van der Waals surface area (Å²) in [5, 5.41) is 10.9. The number of phenolic OH excluding ortho intramolecular Hbond substituents is 1. The molecule has 0 bridgehead atoms. The summed E-state index contributed by atoms with van der Waals surface area (Å²) in [5.41, 5.74) is 3.27. The first-order chi connectivity index (χ1) is 13.7. The summed E-state index contributed by atoms with van der Waals surface area (Å²) in [7, 11) is 0. The fourth-order valence-electron chi connectivity index (χ4n) is 3.87. The first kappa shape index (κ1) is 20.9. The molecule has 0 aliphatic carbocycles. The number of unbranched alkanes of at least 4 members (excludes halogenated alkanes) is 2. The first-order valence-corrected chi connectivity index (χ1v) is 10.1. The van der Waals surface area contributed by atoms with Crippen LogP contribution in [-0.4, -0.2) is 22.6 Å². The number of ether oxygens (including phenoxy) is 2. The number of cyclic esters (lactones) is 1. The summed E-state index contributed by atoms with van der Waals surface area (Å²) in [6.07, 6.45) is 3.54. The molecule has 0 fully saturated rings. The summed E-state index contributed by atoms with van der Waals surface area (Å²) in [4.78, 5) is 24.7. The predicted octanol–water partition coefficient (Wildman–Crippen LogP) is 5.34. The molecule has 0 radical (unpaired) electrons. The third kappa shape index (κ3) is 4.44. The van der Waals surface area contributed by atoms with Crippen LogP contribution in [0.25, 0.3) is 11.1 Å². The van der Waals surface area contributed by atoms with Gasteiger partial charge in [-0.2, -0.15) is 0 Å². The topological polar surface area (TPSA) is 72.8 Å². The van der Waals surface area contributed by atoms with Gasteiger partial charge in [0.25, 0.3) is 5.79 Å². The minimum atomic E-state index is -1.40. The van der Waals surface area contributed by atoms with Crippen molar-refractivity contribution in [3.05, 3.63) is 47.0 Å². The molecule has 29 heavy (non-hydrogen) atoms. The highest BCUT2D eigenvalue weighted by molar-refractivity contribution is 6.00. The lowest BCUT2D eigenvalue weighted by molar-refractivity contribution is -0.155. The fraction of sp³-hybridized carbons (Fsp3) is 0.417. The van der Waals surface area contributed by atoms with E-state index in [1.165, 1.54) is 6.92 Å². The molecule has 1 heterocycles. The third-order valence-corrected chi connectivity index (χ3v) is 5.10. The number of phenols is 1. The van der Waals surface area contributed by atoms with Crippen molar-refractivity contribution in [1.82, 2.24) is 0 Å². The lowest BCUT2D eigenvalue weighted by atomic mass is 9.92. The van der Waals surface area contributed by atoms with Crippen molar-refractivity contribution < 1.29 is 24.2 Å². The van der Waals surface area contributed by atoms with Crippen LogP contribution < -0.4 is 4.74 Å². The molecule has 0 spiro atoms. The standard InChI is InChI=1S/C24H28O5/c1-5-6-7-10-18-13-19(26)20(17-11-8-9-15(2)12-17)22-21(18)23(27)29-24(4,28-22)14-16(3)25/h8-9,11-13,26H,5-7,10,14H2,1-4H3. The molecule has 0 aromatic heterocycles. The third-order valence-electron chi connectivity index (χ3n) is 5.10. The molecule has 2 aromatic rings. The minimum absolute atomic E-state index is 0.0562. The van der Waals surface area contributed by atoms with Crippen molar-refractivity contribution in [2.45, 2.75) is 65.6 Å². The first-order valence-electron chi connectivity index (χ1n) is 10.1. The highest BCUT2D eigenvalue weighted by atomic mass is 16.7. The van der Waals surface area contributed by atoms with Gasteiger partial charge in [0.2, 0.25) is 0 Å². The van der Waals surface area contributed by atoms with E-state index in [0.717, 1.165) is 30.4 Å². The lowest BCUT2D eigenvalue weighted by Crippen LogP contribution is -2.44. The van der Waals surface area contributed by atoms with E-state index in [2.05, 4.69) is 6.92 Å². The van der Waals surface area contributed by atoms with E-state index in [9.17, 15) is 14.7 Å². The summed E-state index contributed by atoms with van der Waals surface area (Å²) >= 11 is 0. The van der Waals surface area contributed by atoms with Crippen molar-refractivity contribution in [2.75, 3.05) is 0 Å². The second-order valence-electron chi connectivity index (χ2n) is 7.96. The summed E-state index contributed by atoms with van der Waals surface area (Å²) in [5.74, 6) is -1.72. The van der Waals surface area contributed by atoms with Crippen molar-refractivity contribution >= 4 is 11.8 Å². The molecule has 1 unspecified atom stereocenters. The van der Waals surface area contributed by atoms with Gasteiger partial charge in [-0.15, -0.1) is 0 Å². The van der Waals surface area contributed by atoms with Crippen molar-refractivity contribution in [2.24, 2.45) is 0 Å². The van der Waals surface area contributed by atoms with Gasteiger partial charge < -0.3 is 14.6 Å². The van der Waals surface area contributed by atoms with Crippen LogP contribution in [0.4, 0.5) is 0 Å². The van der Waals surface area contributed by atoms with E-state index in [1.807, 2.05) is 31.2 Å². The number of carbonyl (C=O) groups is 2. The van der Waals surface area contributed by atoms with Crippen LogP contribution in [0.3, 0.4) is 0 Å². The summed E-state index contributed by atoms with van der Waals surface area (Å²) < 4.78 is 11.7. The molecule has 1 N–H and O–H groups in total. The van der Waals surface area contributed by atoms with E-state index >= 15 is 0 Å². The Hall–Kier alpha value is -2.82. The number of hydrogen-bond donors (Lipinski definition) is 1. The number of carbonyl (C=O) groups excluding carboxylic acids is 2. The van der Waals surface area contributed by atoms with Crippen LogP contribution in [0.5, 0.6) is 11.5 Å². The number of aryl methyl sites for hydroxylation is 2. The van der Waals surface area contributed by atoms with Gasteiger partial charge in [-0.1, -0.05) is 49.6 Å². The SMILES string of the molecule is CCCCCc1cc(O)c(-c2cccc(C)c2)c2c1C(=O)OC(C)(CC(C)=O)O2. The molecule has 1 aliphatic heterocycles. The van der Waals surface area contributed by atoms with Crippen LogP contribution in [0.2, 0.25) is 0 Å².